The summed E-state index contributed by atoms with van der Waals surface area (Å²) in [6, 6.07) is 15.1. The van der Waals surface area contributed by atoms with Crippen LogP contribution in [0.1, 0.15) is 15.9 Å². The molecule has 2 heterocycles. The standard InChI is InChI=1S/C19H17N3O2S/c1-24-17-5-3-2-4-15(17)18(23)21-14-8-6-13(7-9-14)16-12-25-19-20-10-11-22(16)19/h2-9,12H,10-11H2,1H3,(H,21,23). The van der Waals surface area contributed by atoms with Gasteiger partial charge in [0.05, 0.1) is 24.9 Å². The number of hydrogen-bond donors (Lipinski definition) is 1. The third kappa shape index (κ3) is 3.00. The molecule has 6 heteroatoms. The van der Waals surface area contributed by atoms with Gasteiger partial charge in [-0.1, -0.05) is 36.0 Å². The molecular formula is C19H17N3O2S. The first-order valence-electron chi connectivity index (χ1n) is 8.00. The number of nitrogens with zero attached hydrogens (tertiary/aromatic N) is 2. The molecule has 0 aliphatic carbocycles. The molecule has 0 atom stereocenters. The molecule has 2 aliphatic heterocycles. The predicted molar refractivity (Wildman–Crippen MR) is 102 cm³/mol. The molecule has 25 heavy (non-hydrogen) atoms. The lowest BCUT2D eigenvalue weighted by atomic mass is 10.1. The SMILES string of the molecule is COc1ccccc1C(=O)Nc1ccc(C2=CSC3=NCCN23)cc1. The Kier molecular flexibility index (Phi) is 4.19. The highest BCUT2D eigenvalue weighted by Gasteiger charge is 2.26. The van der Waals surface area contributed by atoms with E-state index in [2.05, 4.69) is 20.6 Å². The van der Waals surface area contributed by atoms with E-state index in [0.29, 0.717) is 11.3 Å². The first-order valence-corrected chi connectivity index (χ1v) is 8.88. The van der Waals surface area contributed by atoms with Gasteiger partial charge in [-0.25, -0.2) is 0 Å². The number of para-hydroxylation sites is 1. The van der Waals surface area contributed by atoms with Crippen LogP contribution in [0.2, 0.25) is 0 Å². The minimum Gasteiger partial charge on any atom is -0.496 e. The Hall–Kier alpha value is -2.73. The first-order chi connectivity index (χ1) is 12.3. The maximum atomic E-state index is 12.5. The zero-order valence-electron chi connectivity index (χ0n) is 13.7. The number of amides is 1. The average Bonchev–Trinajstić information content (AvgIpc) is 3.26. The molecule has 0 aromatic heterocycles. The summed E-state index contributed by atoms with van der Waals surface area (Å²) >= 11 is 1.66. The molecule has 0 unspecified atom stereocenters. The Labute approximate surface area is 150 Å². The second-order valence-electron chi connectivity index (χ2n) is 5.67. The Morgan fingerprint density at radius 2 is 2.00 bits per heavy atom. The quantitative estimate of drug-likeness (QED) is 0.913. The number of nitrogens with one attached hydrogen (secondary N) is 1. The Bertz CT molecular complexity index is 874. The average molecular weight is 351 g/mol. The monoisotopic (exact) mass is 351 g/mol. The highest BCUT2D eigenvalue weighted by molar-refractivity contribution is 8.16. The highest BCUT2D eigenvalue weighted by Crippen LogP contribution is 2.35. The van der Waals surface area contributed by atoms with Crippen molar-refractivity contribution in [3.05, 3.63) is 65.1 Å². The first kappa shape index (κ1) is 15.8. The second kappa shape index (κ2) is 6.64. The van der Waals surface area contributed by atoms with E-state index in [1.54, 1.807) is 31.0 Å². The van der Waals surface area contributed by atoms with E-state index < -0.39 is 0 Å². The summed E-state index contributed by atoms with van der Waals surface area (Å²) in [5, 5.41) is 6.11. The number of hydrogen-bond acceptors (Lipinski definition) is 5. The van der Waals surface area contributed by atoms with Crippen LogP contribution >= 0.6 is 11.8 Å². The predicted octanol–water partition coefficient (Wildman–Crippen LogP) is 3.66. The summed E-state index contributed by atoms with van der Waals surface area (Å²) in [6.07, 6.45) is 0. The number of anilines is 1. The highest BCUT2D eigenvalue weighted by atomic mass is 32.2. The number of carbonyl (C=O) groups is 1. The fourth-order valence-electron chi connectivity index (χ4n) is 2.90. The molecule has 5 nitrogen and oxygen atoms in total. The largest absolute Gasteiger partial charge is 0.496 e. The van der Waals surface area contributed by atoms with Crippen LogP contribution in [0.25, 0.3) is 5.70 Å². The van der Waals surface area contributed by atoms with Crippen molar-refractivity contribution in [2.45, 2.75) is 0 Å². The molecule has 1 N–H and O–H groups in total. The smallest absolute Gasteiger partial charge is 0.259 e. The van der Waals surface area contributed by atoms with Crippen molar-refractivity contribution in [1.82, 2.24) is 4.90 Å². The van der Waals surface area contributed by atoms with Crippen molar-refractivity contribution < 1.29 is 9.53 Å². The van der Waals surface area contributed by atoms with Gasteiger partial charge >= 0.3 is 0 Å². The van der Waals surface area contributed by atoms with Crippen LogP contribution in [-0.2, 0) is 0 Å². The van der Waals surface area contributed by atoms with Crippen molar-refractivity contribution >= 4 is 34.2 Å². The van der Waals surface area contributed by atoms with Gasteiger partial charge in [-0.15, -0.1) is 0 Å². The summed E-state index contributed by atoms with van der Waals surface area (Å²) < 4.78 is 5.24. The Morgan fingerprint density at radius 1 is 1.20 bits per heavy atom. The molecule has 1 amide bonds. The van der Waals surface area contributed by atoms with E-state index in [0.717, 1.165) is 29.5 Å². The maximum absolute atomic E-state index is 12.5. The van der Waals surface area contributed by atoms with Crippen molar-refractivity contribution in [3.63, 3.8) is 0 Å². The fourth-order valence-corrected chi connectivity index (χ4v) is 3.87. The third-order valence-electron chi connectivity index (χ3n) is 4.16. The zero-order valence-corrected chi connectivity index (χ0v) is 14.5. The van der Waals surface area contributed by atoms with Crippen molar-refractivity contribution in [3.8, 4) is 5.75 Å². The lowest BCUT2D eigenvalue weighted by Crippen LogP contribution is -2.19. The lowest BCUT2D eigenvalue weighted by Gasteiger charge is -2.17. The molecule has 2 aromatic carbocycles. The zero-order chi connectivity index (χ0) is 17.2. The van der Waals surface area contributed by atoms with Crippen molar-refractivity contribution in [2.75, 3.05) is 25.5 Å². The van der Waals surface area contributed by atoms with Crippen LogP contribution in [0, 0.1) is 0 Å². The molecule has 0 saturated heterocycles. The number of fused-ring (bicyclic) bond motifs is 1. The number of ether oxygens (including phenoxy) is 1. The second-order valence-corrected chi connectivity index (χ2v) is 6.51. The van der Waals surface area contributed by atoms with Gasteiger partial charge in [0.25, 0.3) is 5.91 Å². The molecule has 0 bridgehead atoms. The van der Waals surface area contributed by atoms with Gasteiger partial charge in [-0.2, -0.15) is 0 Å². The molecule has 2 aliphatic rings. The molecule has 0 radical (unpaired) electrons. The topological polar surface area (TPSA) is 53.9 Å². The van der Waals surface area contributed by atoms with Gasteiger partial charge in [0.15, 0.2) is 5.17 Å². The molecule has 4 rings (SSSR count). The van der Waals surface area contributed by atoms with E-state index in [-0.39, 0.29) is 5.91 Å². The number of aliphatic imine (C=N–C) groups is 1. The van der Waals surface area contributed by atoms with Gasteiger partial charge < -0.3 is 15.0 Å². The molecule has 0 spiro atoms. The minimum absolute atomic E-state index is 0.185. The van der Waals surface area contributed by atoms with E-state index in [1.807, 2.05) is 36.4 Å². The van der Waals surface area contributed by atoms with Crippen LogP contribution in [0.3, 0.4) is 0 Å². The molecule has 0 fully saturated rings. The molecule has 2 aromatic rings. The van der Waals surface area contributed by atoms with Crippen LogP contribution in [-0.4, -0.2) is 36.2 Å². The van der Waals surface area contributed by atoms with Crippen LogP contribution in [0.15, 0.2) is 58.9 Å². The number of methoxy groups -OCH3 is 1. The summed E-state index contributed by atoms with van der Waals surface area (Å²) in [4.78, 5) is 19.1. The number of amidine groups is 1. The van der Waals surface area contributed by atoms with E-state index in [9.17, 15) is 4.79 Å². The number of rotatable bonds is 4. The third-order valence-corrected chi connectivity index (χ3v) is 5.06. The van der Waals surface area contributed by atoms with E-state index in [4.69, 9.17) is 4.74 Å². The van der Waals surface area contributed by atoms with E-state index >= 15 is 0 Å². The summed E-state index contributed by atoms with van der Waals surface area (Å²) in [5.41, 5.74) is 3.56. The molecule has 0 saturated carbocycles. The number of benzene rings is 2. The number of carbonyl (C=O) groups excluding carboxylic acids is 1. The summed E-state index contributed by atoms with van der Waals surface area (Å²) in [6.45, 7) is 1.78. The fraction of sp³-hybridized carbons (Fsp3) is 0.158. The van der Waals surface area contributed by atoms with Gasteiger partial charge in [0.2, 0.25) is 0 Å². The van der Waals surface area contributed by atoms with Crippen LogP contribution < -0.4 is 10.1 Å². The summed E-state index contributed by atoms with van der Waals surface area (Å²) in [7, 11) is 1.56. The van der Waals surface area contributed by atoms with Crippen LogP contribution in [0.5, 0.6) is 5.75 Å². The van der Waals surface area contributed by atoms with Crippen LogP contribution in [0.4, 0.5) is 5.69 Å². The Morgan fingerprint density at radius 3 is 2.80 bits per heavy atom. The maximum Gasteiger partial charge on any atom is 0.259 e. The van der Waals surface area contributed by atoms with E-state index in [1.165, 1.54) is 5.70 Å². The molecular weight excluding hydrogens is 334 g/mol. The lowest BCUT2D eigenvalue weighted by molar-refractivity contribution is 0.102. The van der Waals surface area contributed by atoms with Crippen molar-refractivity contribution in [2.24, 2.45) is 4.99 Å². The van der Waals surface area contributed by atoms with Gasteiger partial charge in [-0.05, 0) is 29.8 Å². The van der Waals surface area contributed by atoms with Gasteiger partial charge in [0.1, 0.15) is 5.75 Å². The van der Waals surface area contributed by atoms with Gasteiger partial charge in [-0.3, -0.25) is 9.79 Å². The number of thioether (sulfide) groups is 1. The minimum atomic E-state index is -0.185. The van der Waals surface area contributed by atoms with Gasteiger partial charge in [0, 0.05) is 17.6 Å². The normalized spacial score (nSPS) is 15.5. The Balaban J connectivity index is 1.49. The summed E-state index contributed by atoms with van der Waals surface area (Å²) in [5.74, 6) is 0.375. The van der Waals surface area contributed by atoms with Crippen molar-refractivity contribution in [1.29, 1.82) is 0 Å². The molecule has 126 valence electrons.